The van der Waals surface area contributed by atoms with Crippen LogP contribution in [0.3, 0.4) is 0 Å². The van der Waals surface area contributed by atoms with Crippen molar-refractivity contribution in [2.75, 3.05) is 0 Å². The summed E-state index contributed by atoms with van der Waals surface area (Å²) in [5.41, 5.74) is -11.7. The third kappa shape index (κ3) is 4.42. The number of hydrogen-bond acceptors (Lipinski definition) is 11. The quantitative estimate of drug-likeness (QED) is 0.0813. The van der Waals surface area contributed by atoms with Crippen molar-refractivity contribution in [1.82, 2.24) is 0 Å². The fraction of sp³-hybridized carbons (Fsp3) is 0.625. The van der Waals surface area contributed by atoms with E-state index in [-0.39, 0.29) is 0 Å². The number of carbonyl (C=O) groups is 5. The predicted octanol–water partition coefficient (Wildman–Crippen LogP) is -1.17. The fourth-order valence-corrected chi connectivity index (χ4v) is 2.75. The van der Waals surface area contributed by atoms with E-state index in [1.807, 2.05) is 0 Å². The smallest absolute Gasteiger partial charge is 0.265 e. The van der Waals surface area contributed by atoms with Crippen molar-refractivity contribution >= 4 is 70.1 Å². The lowest BCUT2D eigenvalue weighted by Crippen LogP contribution is -2.81. The Labute approximate surface area is 185 Å². The van der Waals surface area contributed by atoms with Crippen LogP contribution in [0.1, 0.15) is 27.7 Å². The molecule has 2 unspecified atom stereocenters. The molecule has 0 aliphatic heterocycles. The molecule has 0 fully saturated rings. The first kappa shape index (κ1) is 28.5. The van der Waals surface area contributed by atoms with E-state index in [1.165, 1.54) is 0 Å². The molecule has 0 bridgehead atoms. The summed E-state index contributed by atoms with van der Waals surface area (Å²) in [4.78, 5) is 61.7. The maximum Gasteiger partial charge on any atom is 0.265 e. The number of rotatable bonds is 10. The van der Waals surface area contributed by atoms with E-state index in [0.29, 0.717) is 20.8 Å². The van der Waals surface area contributed by atoms with Gasteiger partial charge in [0.1, 0.15) is 6.10 Å². The minimum absolute atomic E-state index is 0.472. The van der Waals surface area contributed by atoms with Gasteiger partial charge in [-0.25, -0.2) is 0 Å². The van der Waals surface area contributed by atoms with Gasteiger partial charge in [-0.3, -0.25) is 29.4 Å². The Morgan fingerprint density at radius 1 is 0.967 bits per heavy atom. The molecular formula is C16H20Cl3NO10. The molecule has 0 rings (SSSR count). The number of aliphatic hydroxyl groups is 4. The Morgan fingerprint density at radius 2 is 1.40 bits per heavy atom. The number of alkyl halides is 3. The van der Waals surface area contributed by atoms with E-state index >= 15 is 0 Å². The van der Waals surface area contributed by atoms with Crippen LogP contribution < -0.4 is 0 Å². The van der Waals surface area contributed by atoms with Crippen LogP contribution in [0.25, 0.3) is 0 Å². The SMILES string of the molecule is CC(=O)[C@](O)(C(=O)C(O)C(C)O)[C@@](O)(C(C)=O)[C@](C=O)(OC(=N)C(Cl)(Cl)Cl)C(C)=O. The average molecular weight is 493 g/mol. The topological polar surface area (TPSA) is 199 Å². The van der Waals surface area contributed by atoms with Crippen molar-refractivity contribution in [2.24, 2.45) is 0 Å². The summed E-state index contributed by atoms with van der Waals surface area (Å²) in [7, 11) is 0. The number of halogens is 3. The third-order valence-corrected chi connectivity index (χ3v) is 4.89. The molecule has 0 aliphatic rings. The number of ether oxygens (including phenoxy) is 1. The molecule has 0 aromatic rings. The van der Waals surface area contributed by atoms with Gasteiger partial charge in [-0.1, -0.05) is 34.8 Å². The molecule has 0 radical (unpaired) electrons. The summed E-state index contributed by atoms with van der Waals surface area (Å²) in [6, 6.07) is 0. The van der Waals surface area contributed by atoms with Crippen LogP contribution in [0.2, 0.25) is 0 Å². The monoisotopic (exact) mass is 491 g/mol. The summed E-state index contributed by atoms with van der Waals surface area (Å²) in [5, 5.41) is 48.9. The lowest BCUT2D eigenvalue weighted by Gasteiger charge is -2.47. The fourth-order valence-electron chi connectivity index (χ4n) is 2.64. The normalized spacial score (nSPS) is 19.8. The average Bonchev–Trinajstić information content (AvgIpc) is 2.61. The largest absolute Gasteiger partial charge is 0.452 e. The highest BCUT2D eigenvalue weighted by molar-refractivity contribution is 6.76. The van der Waals surface area contributed by atoms with Crippen molar-refractivity contribution in [1.29, 1.82) is 5.41 Å². The second-order valence-electron chi connectivity index (χ2n) is 6.42. The molecular weight excluding hydrogens is 473 g/mol. The predicted molar refractivity (Wildman–Crippen MR) is 103 cm³/mol. The van der Waals surface area contributed by atoms with Crippen LogP contribution in [-0.4, -0.2) is 88.5 Å². The summed E-state index contributed by atoms with van der Waals surface area (Å²) < 4.78 is 1.97. The van der Waals surface area contributed by atoms with Crippen LogP contribution in [-0.2, 0) is 28.7 Å². The van der Waals surface area contributed by atoms with Gasteiger partial charge in [0.2, 0.25) is 22.9 Å². The van der Waals surface area contributed by atoms with Crippen molar-refractivity contribution in [3.05, 3.63) is 0 Å². The first-order valence-corrected chi connectivity index (χ1v) is 9.11. The molecule has 5 N–H and O–H groups in total. The van der Waals surface area contributed by atoms with Crippen LogP contribution in [0, 0.1) is 5.41 Å². The van der Waals surface area contributed by atoms with Gasteiger partial charge < -0.3 is 25.2 Å². The lowest BCUT2D eigenvalue weighted by molar-refractivity contribution is -0.221. The van der Waals surface area contributed by atoms with E-state index in [9.17, 15) is 44.4 Å². The van der Waals surface area contributed by atoms with Crippen LogP contribution in [0.15, 0.2) is 0 Å². The van der Waals surface area contributed by atoms with E-state index in [1.54, 1.807) is 0 Å². The van der Waals surface area contributed by atoms with Gasteiger partial charge >= 0.3 is 0 Å². The molecule has 0 amide bonds. The molecule has 0 saturated carbocycles. The molecule has 30 heavy (non-hydrogen) atoms. The summed E-state index contributed by atoms with van der Waals surface area (Å²) in [5.74, 6) is -8.59. The zero-order valence-corrected chi connectivity index (χ0v) is 18.4. The first-order valence-electron chi connectivity index (χ1n) is 7.98. The molecule has 0 aliphatic carbocycles. The molecule has 0 spiro atoms. The lowest BCUT2D eigenvalue weighted by atomic mass is 9.63. The maximum atomic E-state index is 12.7. The second kappa shape index (κ2) is 9.35. The highest BCUT2D eigenvalue weighted by atomic mass is 35.6. The molecule has 0 aromatic heterocycles. The third-order valence-electron chi connectivity index (χ3n) is 4.37. The van der Waals surface area contributed by atoms with Gasteiger partial charge in [-0.05, 0) is 27.7 Å². The molecule has 0 aromatic carbocycles. The Morgan fingerprint density at radius 3 is 1.63 bits per heavy atom. The maximum absolute atomic E-state index is 12.7. The Bertz CT molecular complexity index is 780. The number of carbonyl (C=O) groups excluding carboxylic acids is 5. The molecule has 14 heteroatoms. The number of hydrogen-bond donors (Lipinski definition) is 5. The van der Waals surface area contributed by atoms with Crippen molar-refractivity contribution in [2.45, 2.75) is 60.5 Å². The number of ketones is 4. The van der Waals surface area contributed by atoms with Gasteiger partial charge in [-0.2, -0.15) is 0 Å². The van der Waals surface area contributed by atoms with Crippen molar-refractivity contribution in [3.8, 4) is 0 Å². The van der Waals surface area contributed by atoms with Gasteiger partial charge in [0.05, 0.1) is 6.10 Å². The van der Waals surface area contributed by atoms with E-state index in [2.05, 4.69) is 0 Å². The Kier molecular flexibility index (Phi) is 8.89. The minimum atomic E-state index is -4.06. The zero-order chi connectivity index (χ0) is 24.5. The number of aldehydes is 1. The molecule has 5 atom stereocenters. The van der Waals surface area contributed by atoms with E-state index < -0.39 is 68.1 Å². The van der Waals surface area contributed by atoms with E-state index in [4.69, 9.17) is 44.9 Å². The Balaban J connectivity index is 7.37. The second-order valence-corrected chi connectivity index (χ2v) is 8.70. The highest BCUT2D eigenvalue weighted by Gasteiger charge is 2.75. The van der Waals surface area contributed by atoms with Crippen molar-refractivity contribution < 1.29 is 49.1 Å². The molecule has 11 nitrogen and oxygen atoms in total. The van der Waals surface area contributed by atoms with Crippen molar-refractivity contribution in [3.63, 3.8) is 0 Å². The van der Waals surface area contributed by atoms with Gasteiger partial charge in [0.15, 0.2) is 23.6 Å². The van der Waals surface area contributed by atoms with Gasteiger partial charge in [0, 0.05) is 0 Å². The summed E-state index contributed by atoms with van der Waals surface area (Å²) >= 11 is 16.3. The minimum Gasteiger partial charge on any atom is -0.452 e. The first-order chi connectivity index (χ1) is 13.3. The van der Waals surface area contributed by atoms with Gasteiger partial charge in [-0.15, -0.1) is 0 Å². The van der Waals surface area contributed by atoms with Gasteiger partial charge in [0.25, 0.3) is 9.39 Å². The highest BCUT2D eigenvalue weighted by Crippen LogP contribution is 2.41. The molecule has 0 heterocycles. The van der Waals surface area contributed by atoms with Crippen LogP contribution in [0.5, 0.6) is 0 Å². The van der Waals surface area contributed by atoms with Crippen LogP contribution in [0.4, 0.5) is 0 Å². The number of Topliss-reactive ketones (excluding diaryl/α,β-unsaturated/α-hetero) is 4. The zero-order valence-electron chi connectivity index (χ0n) is 16.1. The molecule has 0 saturated heterocycles. The number of aliphatic hydroxyl groups excluding tert-OH is 2. The standard InChI is InChI=1S/C16H20Cl3NO10/c1-6(22)10(26)11(27)14(28,8(3)24)15(29,9(4)25)13(5-21,7(2)23)30-12(20)16(17,18)19/h5-6,10,20,22,26,28-29H,1-4H3/t6?,10?,13-,14+,15-/m1/s1. The number of nitrogens with one attached hydrogen (secondary N) is 1. The molecule has 170 valence electrons. The van der Waals surface area contributed by atoms with Crippen LogP contribution >= 0.6 is 34.8 Å². The summed E-state index contributed by atoms with van der Waals surface area (Å²) in [6.45, 7) is 2.36. The Hall–Kier alpha value is -1.47. The summed E-state index contributed by atoms with van der Waals surface area (Å²) in [6.07, 6.45) is -5.06. The van der Waals surface area contributed by atoms with E-state index in [0.717, 1.165) is 6.92 Å².